The number of nitrogens with zero attached hydrogens (tertiary/aromatic N) is 3. The van der Waals surface area contributed by atoms with Crippen LogP contribution in [0.4, 0.5) is 11.4 Å². The number of hydrogen-bond donors (Lipinski definition) is 0. The summed E-state index contributed by atoms with van der Waals surface area (Å²) in [6.07, 6.45) is 1.83. The van der Waals surface area contributed by atoms with E-state index in [4.69, 9.17) is 23.2 Å². The van der Waals surface area contributed by atoms with Crippen LogP contribution in [0.5, 0.6) is 0 Å². The van der Waals surface area contributed by atoms with E-state index in [-0.39, 0.29) is 0 Å². The van der Waals surface area contributed by atoms with E-state index in [0.29, 0.717) is 5.88 Å². The average molecular weight is 322 g/mol. The minimum Gasteiger partial charge on any atom is -0.368 e. The van der Waals surface area contributed by atoms with Crippen LogP contribution in [0, 0.1) is 0 Å². The lowest BCUT2D eigenvalue weighted by molar-refractivity contribution is 0.653. The predicted octanol–water partition coefficient (Wildman–Crippen LogP) is 3.80. The SMILES string of the molecule is ClCc1cc(N2CCN(c3cccc(Cl)c3)CC2)ccn1. The zero-order valence-corrected chi connectivity index (χ0v) is 13.2. The van der Waals surface area contributed by atoms with Crippen molar-refractivity contribution in [3.05, 3.63) is 53.3 Å². The molecule has 21 heavy (non-hydrogen) atoms. The molecule has 1 aliphatic rings. The molecular formula is C16H17Cl2N3. The molecule has 1 aromatic heterocycles. The van der Waals surface area contributed by atoms with Gasteiger partial charge in [0, 0.05) is 48.8 Å². The highest BCUT2D eigenvalue weighted by Crippen LogP contribution is 2.23. The van der Waals surface area contributed by atoms with Gasteiger partial charge >= 0.3 is 0 Å². The summed E-state index contributed by atoms with van der Waals surface area (Å²) in [7, 11) is 0. The summed E-state index contributed by atoms with van der Waals surface area (Å²) in [5.74, 6) is 0.455. The topological polar surface area (TPSA) is 19.4 Å². The van der Waals surface area contributed by atoms with E-state index < -0.39 is 0 Å². The number of piperazine rings is 1. The Labute approximate surface area is 135 Å². The van der Waals surface area contributed by atoms with Crippen LogP contribution in [-0.4, -0.2) is 31.2 Å². The van der Waals surface area contributed by atoms with Gasteiger partial charge in [0.05, 0.1) is 11.6 Å². The Balaban J connectivity index is 1.67. The van der Waals surface area contributed by atoms with Gasteiger partial charge in [0.1, 0.15) is 0 Å². The maximum Gasteiger partial charge on any atom is 0.0648 e. The molecule has 0 atom stereocenters. The lowest BCUT2D eigenvalue weighted by atomic mass is 10.2. The van der Waals surface area contributed by atoms with Gasteiger partial charge in [-0.1, -0.05) is 17.7 Å². The van der Waals surface area contributed by atoms with Crippen molar-refractivity contribution in [3.63, 3.8) is 0 Å². The Morgan fingerprint density at radius 2 is 1.62 bits per heavy atom. The molecule has 0 saturated carbocycles. The lowest BCUT2D eigenvalue weighted by Gasteiger charge is -2.37. The molecule has 0 aliphatic carbocycles. The average Bonchev–Trinajstić information content (AvgIpc) is 2.55. The van der Waals surface area contributed by atoms with E-state index in [0.717, 1.165) is 36.9 Å². The number of pyridine rings is 1. The minimum atomic E-state index is 0.455. The van der Waals surface area contributed by atoms with Gasteiger partial charge in [-0.15, -0.1) is 11.6 Å². The quantitative estimate of drug-likeness (QED) is 0.801. The third kappa shape index (κ3) is 3.42. The second-order valence-electron chi connectivity index (χ2n) is 5.09. The molecule has 1 saturated heterocycles. The van der Waals surface area contributed by atoms with Crippen molar-refractivity contribution in [2.24, 2.45) is 0 Å². The van der Waals surface area contributed by atoms with E-state index in [1.165, 1.54) is 11.4 Å². The molecule has 0 spiro atoms. The van der Waals surface area contributed by atoms with Crippen LogP contribution in [0.1, 0.15) is 5.69 Å². The van der Waals surface area contributed by atoms with Crippen LogP contribution in [0.2, 0.25) is 5.02 Å². The summed E-state index contributed by atoms with van der Waals surface area (Å²) >= 11 is 11.9. The van der Waals surface area contributed by atoms with Gasteiger partial charge in [0.2, 0.25) is 0 Å². The fraction of sp³-hybridized carbons (Fsp3) is 0.312. The first-order valence-corrected chi connectivity index (χ1v) is 7.94. The zero-order chi connectivity index (χ0) is 14.7. The van der Waals surface area contributed by atoms with Crippen molar-refractivity contribution in [2.45, 2.75) is 5.88 Å². The van der Waals surface area contributed by atoms with Crippen LogP contribution in [0.3, 0.4) is 0 Å². The van der Waals surface area contributed by atoms with Crippen LogP contribution >= 0.6 is 23.2 Å². The van der Waals surface area contributed by atoms with Crippen molar-refractivity contribution in [2.75, 3.05) is 36.0 Å². The number of benzene rings is 1. The number of rotatable bonds is 3. The number of hydrogen-bond acceptors (Lipinski definition) is 3. The van der Waals surface area contributed by atoms with Gasteiger partial charge in [-0.2, -0.15) is 0 Å². The molecule has 3 rings (SSSR count). The zero-order valence-electron chi connectivity index (χ0n) is 11.7. The highest BCUT2D eigenvalue weighted by Gasteiger charge is 2.18. The highest BCUT2D eigenvalue weighted by atomic mass is 35.5. The molecule has 0 N–H and O–H groups in total. The monoisotopic (exact) mass is 321 g/mol. The molecule has 2 aromatic rings. The fourth-order valence-electron chi connectivity index (χ4n) is 2.63. The van der Waals surface area contributed by atoms with Crippen molar-refractivity contribution in [1.82, 2.24) is 4.98 Å². The Bertz CT molecular complexity index is 610. The molecular weight excluding hydrogens is 305 g/mol. The van der Waals surface area contributed by atoms with Crippen LogP contribution in [-0.2, 0) is 5.88 Å². The van der Waals surface area contributed by atoms with Crippen molar-refractivity contribution in [1.29, 1.82) is 0 Å². The molecule has 0 unspecified atom stereocenters. The van der Waals surface area contributed by atoms with Gasteiger partial charge in [0.15, 0.2) is 0 Å². The van der Waals surface area contributed by atoms with Gasteiger partial charge in [0.25, 0.3) is 0 Å². The second kappa shape index (κ2) is 6.54. The van der Waals surface area contributed by atoms with Gasteiger partial charge in [-0.05, 0) is 30.3 Å². The van der Waals surface area contributed by atoms with Crippen molar-refractivity contribution < 1.29 is 0 Å². The van der Waals surface area contributed by atoms with Crippen LogP contribution in [0.15, 0.2) is 42.6 Å². The third-order valence-corrected chi connectivity index (χ3v) is 4.26. The van der Waals surface area contributed by atoms with Crippen LogP contribution < -0.4 is 9.80 Å². The van der Waals surface area contributed by atoms with E-state index in [9.17, 15) is 0 Å². The first-order valence-electron chi connectivity index (χ1n) is 7.02. The second-order valence-corrected chi connectivity index (χ2v) is 5.80. The number of alkyl halides is 1. The Morgan fingerprint density at radius 3 is 2.24 bits per heavy atom. The highest BCUT2D eigenvalue weighted by molar-refractivity contribution is 6.30. The van der Waals surface area contributed by atoms with Gasteiger partial charge in [-0.3, -0.25) is 4.98 Å². The predicted molar refractivity (Wildman–Crippen MR) is 89.7 cm³/mol. The number of halogens is 2. The number of aromatic nitrogens is 1. The Morgan fingerprint density at radius 1 is 0.952 bits per heavy atom. The lowest BCUT2D eigenvalue weighted by Crippen LogP contribution is -2.46. The molecule has 110 valence electrons. The van der Waals surface area contributed by atoms with Crippen molar-refractivity contribution in [3.8, 4) is 0 Å². The first-order chi connectivity index (χ1) is 10.3. The summed E-state index contributed by atoms with van der Waals surface area (Å²) in [4.78, 5) is 8.98. The normalized spacial score (nSPS) is 15.3. The van der Waals surface area contributed by atoms with E-state index in [1.54, 1.807) is 0 Å². The minimum absolute atomic E-state index is 0.455. The van der Waals surface area contributed by atoms with Crippen molar-refractivity contribution >= 4 is 34.6 Å². The molecule has 2 heterocycles. The summed E-state index contributed by atoms with van der Waals surface area (Å²) in [5, 5.41) is 0.788. The molecule has 1 aromatic carbocycles. The summed E-state index contributed by atoms with van der Waals surface area (Å²) in [6, 6.07) is 12.2. The van der Waals surface area contributed by atoms with Crippen LogP contribution in [0.25, 0.3) is 0 Å². The molecule has 1 fully saturated rings. The molecule has 5 heteroatoms. The van der Waals surface area contributed by atoms with E-state index in [2.05, 4.69) is 26.9 Å². The molecule has 0 amide bonds. The summed E-state index contributed by atoms with van der Waals surface area (Å²) < 4.78 is 0. The number of anilines is 2. The summed E-state index contributed by atoms with van der Waals surface area (Å²) in [6.45, 7) is 3.94. The smallest absolute Gasteiger partial charge is 0.0648 e. The van der Waals surface area contributed by atoms with Gasteiger partial charge < -0.3 is 9.80 Å². The molecule has 0 bridgehead atoms. The largest absolute Gasteiger partial charge is 0.368 e. The van der Waals surface area contributed by atoms with E-state index in [1.807, 2.05) is 30.5 Å². The maximum absolute atomic E-state index is 6.07. The third-order valence-electron chi connectivity index (χ3n) is 3.76. The standard InChI is InChI=1S/C16H17Cl2N3/c17-12-14-11-16(4-5-19-14)21-8-6-20(7-9-21)15-3-1-2-13(18)10-15/h1-5,10-11H,6-9,12H2. The Kier molecular flexibility index (Phi) is 4.51. The first kappa shape index (κ1) is 14.5. The Hall–Kier alpha value is -1.45. The van der Waals surface area contributed by atoms with E-state index >= 15 is 0 Å². The maximum atomic E-state index is 6.07. The summed E-state index contributed by atoms with van der Waals surface area (Å²) in [5.41, 5.74) is 3.32. The molecule has 0 radical (unpaired) electrons. The molecule has 3 nitrogen and oxygen atoms in total. The fourth-order valence-corrected chi connectivity index (χ4v) is 2.96. The van der Waals surface area contributed by atoms with Gasteiger partial charge in [-0.25, -0.2) is 0 Å². The molecule has 1 aliphatic heterocycles.